The monoisotopic (exact) mass is 426 g/mol. The van der Waals surface area contributed by atoms with E-state index in [1.54, 1.807) is 0 Å². The first-order valence-electron chi connectivity index (χ1n) is 6.81. The quantitative estimate of drug-likeness (QED) is 0.357. The van der Waals surface area contributed by atoms with Crippen LogP contribution >= 0.6 is 0 Å². The molecule has 27 heavy (non-hydrogen) atoms. The maximum absolute atomic E-state index is 13.4. The SMILES string of the molecule is C=C(C)C(=O)OCC(O)CCC(F)(F)C(F)(F)C(F)(C(F)(F)F)C(F)(F)F. The predicted octanol–water partition coefficient (Wildman–Crippen LogP) is 4.35. The average Bonchev–Trinajstić information content (AvgIpc) is 2.46. The molecule has 0 aliphatic heterocycles. The number of alkyl halides is 11. The summed E-state index contributed by atoms with van der Waals surface area (Å²) in [5.74, 6) is -14.5. The van der Waals surface area contributed by atoms with E-state index in [1.807, 2.05) is 0 Å². The van der Waals surface area contributed by atoms with Crippen LogP contribution in [0.3, 0.4) is 0 Å². The second kappa shape index (κ2) is 7.80. The highest BCUT2D eigenvalue weighted by Crippen LogP contribution is 2.59. The molecule has 0 saturated heterocycles. The fourth-order valence-corrected chi connectivity index (χ4v) is 1.65. The summed E-state index contributed by atoms with van der Waals surface area (Å²) in [5.41, 5.74) is -7.75. The van der Waals surface area contributed by atoms with Gasteiger partial charge in [0.05, 0.1) is 6.10 Å². The Labute approximate surface area is 144 Å². The number of hydrogen-bond donors (Lipinski definition) is 1. The molecule has 0 heterocycles. The van der Waals surface area contributed by atoms with Gasteiger partial charge in [-0.3, -0.25) is 0 Å². The lowest BCUT2D eigenvalue weighted by atomic mass is 9.88. The van der Waals surface area contributed by atoms with Crippen molar-refractivity contribution in [1.82, 2.24) is 0 Å². The molecule has 0 radical (unpaired) electrons. The maximum atomic E-state index is 13.4. The van der Waals surface area contributed by atoms with Crippen molar-refractivity contribution in [1.29, 1.82) is 0 Å². The van der Waals surface area contributed by atoms with Crippen LogP contribution < -0.4 is 0 Å². The number of aliphatic hydroxyl groups excluding tert-OH is 1. The fourth-order valence-electron chi connectivity index (χ4n) is 1.65. The highest BCUT2D eigenvalue weighted by atomic mass is 19.4. The molecule has 1 atom stereocenters. The number of ether oxygens (including phenoxy) is 1. The summed E-state index contributed by atoms with van der Waals surface area (Å²) in [5, 5.41) is 9.21. The zero-order chi connectivity index (χ0) is 22.1. The zero-order valence-corrected chi connectivity index (χ0v) is 13.3. The van der Waals surface area contributed by atoms with Crippen LogP contribution in [0.25, 0.3) is 0 Å². The first kappa shape index (κ1) is 25.4. The van der Waals surface area contributed by atoms with Gasteiger partial charge in [0.2, 0.25) is 0 Å². The molecule has 0 rings (SSSR count). The summed E-state index contributed by atoms with van der Waals surface area (Å²) in [6.45, 7) is 3.14. The van der Waals surface area contributed by atoms with Crippen molar-refractivity contribution in [3.8, 4) is 0 Å². The summed E-state index contributed by atoms with van der Waals surface area (Å²) >= 11 is 0. The van der Waals surface area contributed by atoms with Crippen molar-refractivity contribution >= 4 is 5.97 Å². The molecule has 0 saturated carbocycles. The van der Waals surface area contributed by atoms with Crippen LogP contribution in [0.1, 0.15) is 19.8 Å². The molecule has 0 bridgehead atoms. The highest BCUT2D eigenvalue weighted by Gasteiger charge is 2.89. The Hall–Kier alpha value is -1.60. The first-order valence-corrected chi connectivity index (χ1v) is 6.81. The smallest absolute Gasteiger partial charge is 0.438 e. The van der Waals surface area contributed by atoms with Crippen LogP contribution in [0, 0.1) is 0 Å². The Morgan fingerprint density at radius 2 is 1.37 bits per heavy atom. The van der Waals surface area contributed by atoms with Crippen LogP contribution in [-0.4, -0.2) is 53.7 Å². The van der Waals surface area contributed by atoms with Gasteiger partial charge in [-0.15, -0.1) is 0 Å². The van der Waals surface area contributed by atoms with E-state index in [1.165, 1.54) is 0 Å². The van der Waals surface area contributed by atoms with Gasteiger partial charge in [0.25, 0.3) is 0 Å². The topological polar surface area (TPSA) is 46.5 Å². The largest absolute Gasteiger partial charge is 0.460 e. The van der Waals surface area contributed by atoms with E-state index in [-0.39, 0.29) is 5.57 Å². The van der Waals surface area contributed by atoms with Crippen LogP contribution in [0.4, 0.5) is 48.3 Å². The summed E-state index contributed by atoms with van der Waals surface area (Å²) in [7, 11) is 0. The molecule has 1 unspecified atom stereocenters. The fraction of sp³-hybridized carbons (Fsp3) is 0.769. The molecule has 0 aliphatic carbocycles. The van der Waals surface area contributed by atoms with E-state index in [2.05, 4.69) is 11.3 Å². The van der Waals surface area contributed by atoms with Crippen molar-refractivity contribution < 1.29 is 62.9 Å². The summed E-state index contributed by atoms with van der Waals surface area (Å²) < 4.78 is 145. The van der Waals surface area contributed by atoms with Crippen molar-refractivity contribution in [2.45, 2.75) is 55.7 Å². The molecule has 0 spiro atoms. The lowest BCUT2D eigenvalue weighted by Gasteiger charge is -2.39. The molecule has 14 heteroatoms. The summed E-state index contributed by atoms with van der Waals surface area (Å²) in [4.78, 5) is 11.0. The number of aliphatic hydroxyl groups is 1. The van der Waals surface area contributed by atoms with Crippen LogP contribution in [0.5, 0.6) is 0 Å². The number of carbonyl (C=O) groups is 1. The standard InChI is InChI=1S/C13H13F11O3/c1-6(2)8(26)27-5-7(25)3-4-9(14,15)11(17,18)10(16,12(19,20)21)13(22,23)24/h7,25H,1,3-5H2,2H3. The molecule has 0 amide bonds. The molecule has 1 N–H and O–H groups in total. The van der Waals surface area contributed by atoms with Gasteiger partial charge in [0, 0.05) is 12.0 Å². The molecular weight excluding hydrogens is 413 g/mol. The van der Waals surface area contributed by atoms with Gasteiger partial charge in [-0.25, -0.2) is 9.18 Å². The number of esters is 1. The maximum Gasteiger partial charge on any atom is 0.438 e. The highest BCUT2D eigenvalue weighted by molar-refractivity contribution is 5.86. The third-order valence-electron chi connectivity index (χ3n) is 3.22. The third-order valence-corrected chi connectivity index (χ3v) is 3.22. The van der Waals surface area contributed by atoms with E-state index in [0.717, 1.165) is 6.92 Å². The summed E-state index contributed by atoms with van der Waals surface area (Å²) in [6.07, 6.45) is -21.0. The van der Waals surface area contributed by atoms with Crippen molar-refractivity contribution in [2.75, 3.05) is 6.61 Å². The van der Waals surface area contributed by atoms with Crippen LogP contribution in [0.15, 0.2) is 12.2 Å². The number of carbonyl (C=O) groups excluding carboxylic acids is 1. The number of rotatable bonds is 8. The van der Waals surface area contributed by atoms with E-state index in [0.29, 0.717) is 0 Å². The Bertz CT molecular complexity index is 537. The van der Waals surface area contributed by atoms with E-state index in [4.69, 9.17) is 0 Å². The Balaban J connectivity index is 5.42. The Morgan fingerprint density at radius 3 is 1.70 bits per heavy atom. The van der Waals surface area contributed by atoms with Gasteiger partial charge in [0.15, 0.2) is 0 Å². The minimum atomic E-state index is -7.53. The molecule has 0 aromatic carbocycles. The summed E-state index contributed by atoms with van der Waals surface area (Å²) in [6, 6.07) is 0. The molecule has 3 nitrogen and oxygen atoms in total. The van der Waals surface area contributed by atoms with Gasteiger partial charge in [-0.1, -0.05) is 6.58 Å². The molecular formula is C13H13F11O3. The molecule has 0 aromatic rings. The van der Waals surface area contributed by atoms with E-state index in [9.17, 15) is 58.2 Å². The minimum Gasteiger partial charge on any atom is -0.460 e. The second-order valence-electron chi connectivity index (χ2n) is 5.50. The molecule has 0 aromatic heterocycles. The van der Waals surface area contributed by atoms with E-state index < -0.39 is 61.4 Å². The van der Waals surface area contributed by atoms with Gasteiger partial charge in [-0.05, 0) is 13.3 Å². The van der Waals surface area contributed by atoms with Gasteiger partial charge in [0.1, 0.15) is 6.61 Å². The van der Waals surface area contributed by atoms with Crippen molar-refractivity contribution in [2.24, 2.45) is 0 Å². The number of halogens is 11. The van der Waals surface area contributed by atoms with Gasteiger partial charge < -0.3 is 9.84 Å². The van der Waals surface area contributed by atoms with Crippen molar-refractivity contribution in [3.05, 3.63) is 12.2 Å². The lowest BCUT2D eigenvalue weighted by molar-refractivity contribution is -0.427. The van der Waals surface area contributed by atoms with Crippen LogP contribution in [0.2, 0.25) is 0 Å². The first-order chi connectivity index (χ1) is 11.7. The lowest BCUT2D eigenvalue weighted by Crippen LogP contribution is -2.70. The normalized spacial score (nSPS) is 15.4. The number of hydrogen-bond acceptors (Lipinski definition) is 3. The Morgan fingerprint density at radius 1 is 0.963 bits per heavy atom. The van der Waals surface area contributed by atoms with Gasteiger partial charge in [-0.2, -0.15) is 43.9 Å². The second-order valence-corrected chi connectivity index (χ2v) is 5.50. The molecule has 0 fully saturated rings. The Kier molecular flexibility index (Phi) is 7.33. The third kappa shape index (κ3) is 5.02. The van der Waals surface area contributed by atoms with Gasteiger partial charge >= 0.3 is 35.8 Å². The van der Waals surface area contributed by atoms with Crippen molar-refractivity contribution in [3.63, 3.8) is 0 Å². The molecule has 0 aliphatic rings. The molecule has 160 valence electrons. The van der Waals surface area contributed by atoms with Crippen LogP contribution in [-0.2, 0) is 9.53 Å². The average molecular weight is 426 g/mol. The van der Waals surface area contributed by atoms with E-state index >= 15 is 0 Å². The zero-order valence-electron chi connectivity index (χ0n) is 13.3. The predicted molar refractivity (Wildman–Crippen MR) is 66.9 cm³/mol. The minimum absolute atomic E-state index is 0.211.